The number of hydrogen-bond acceptors (Lipinski definition) is 4. The maximum Gasteiger partial charge on any atom is 0.319 e. The molecular weight excluding hydrogens is 228 g/mol. The van der Waals surface area contributed by atoms with E-state index in [-0.39, 0.29) is 11.3 Å². The Morgan fingerprint density at radius 1 is 1.67 bits per heavy atom. The van der Waals surface area contributed by atoms with Gasteiger partial charge in [-0.05, 0) is 0 Å². The number of rotatable bonds is 2. The zero-order chi connectivity index (χ0) is 9.03. The molecule has 1 aliphatic rings. The molecule has 1 fully saturated rings. The third-order valence-electron chi connectivity index (χ3n) is 1.44. The predicted octanol–water partition coefficient (Wildman–Crippen LogP) is 0.688. The topological polar surface area (TPSA) is 44.8 Å². The molecule has 12 heavy (non-hydrogen) atoms. The van der Waals surface area contributed by atoms with Crippen LogP contribution >= 0.6 is 15.9 Å². The van der Waals surface area contributed by atoms with Crippen molar-refractivity contribution < 1.29 is 19.0 Å². The second-order valence-electron chi connectivity index (χ2n) is 2.64. The van der Waals surface area contributed by atoms with Crippen LogP contribution in [0.4, 0.5) is 0 Å². The van der Waals surface area contributed by atoms with Crippen LogP contribution in [0.15, 0.2) is 0 Å². The van der Waals surface area contributed by atoms with E-state index in [1.807, 2.05) is 0 Å². The van der Waals surface area contributed by atoms with Crippen LogP contribution in [0.3, 0.4) is 0 Å². The smallest absolute Gasteiger partial charge is 0.319 e. The first-order valence-electron chi connectivity index (χ1n) is 3.66. The van der Waals surface area contributed by atoms with Crippen LogP contribution in [0.5, 0.6) is 0 Å². The highest BCUT2D eigenvalue weighted by atomic mass is 79.9. The largest absolute Gasteiger partial charge is 0.430 e. The van der Waals surface area contributed by atoms with Crippen molar-refractivity contribution in [1.82, 2.24) is 0 Å². The van der Waals surface area contributed by atoms with E-state index in [2.05, 4.69) is 15.9 Å². The summed E-state index contributed by atoms with van der Waals surface area (Å²) in [5, 5.41) is 0.173. The van der Waals surface area contributed by atoms with Gasteiger partial charge in [0, 0.05) is 6.92 Å². The van der Waals surface area contributed by atoms with Gasteiger partial charge in [-0.15, -0.1) is 0 Å². The number of esters is 1. The monoisotopic (exact) mass is 238 g/mol. The van der Waals surface area contributed by atoms with E-state index in [1.54, 1.807) is 6.92 Å². The third kappa shape index (κ3) is 2.73. The molecule has 0 N–H and O–H groups in total. The maximum atomic E-state index is 10.9. The van der Waals surface area contributed by atoms with E-state index in [1.165, 1.54) is 0 Å². The maximum absolute atomic E-state index is 10.9. The summed E-state index contributed by atoms with van der Waals surface area (Å²) >= 11 is 2.99. The molecule has 1 unspecified atom stereocenters. The third-order valence-corrected chi connectivity index (χ3v) is 1.90. The Morgan fingerprint density at radius 2 is 2.42 bits per heavy atom. The first-order valence-corrected chi connectivity index (χ1v) is 4.78. The fraction of sp³-hybridized carbons (Fsp3) is 0.857. The highest BCUT2D eigenvalue weighted by molar-refractivity contribution is 9.09. The van der Waals surface area contributed by atoms with Gasteiger partial charge in [0.05, 0.1) is 13.2 Å². The van der Waals surface area contributed by atoms with E-state index >= 15 is 0 Å². The summed E-state index contributed by atoms with van der Waals surface area (Å²) in [6, 6.07) is 0. The minimum Gasteiger partial charge on any atom is -0.430 e. The predicted molar refractivity (Wildman–Crippen MR) is 45.1 cm³/mol. The summed E-state index contributed by atoms with van der Waals surface area (Å²) in [4.78, 5) is 10.9. The molecule has 0 spiro atoms. The molecular formula is C7H11BrO4. The lowest BCUT2D eigenvalue weighted by molar-refractivity contribution is -0.269. The van der Waals surface area contributed by atoms with Gasteiger partial charge in [-0.1, -0.05) is 15.9 Å². The van der Waals surface area contributed by atoms with Crippen LogP contribution in [-0.4, -0.2) is 36.9 Å². The van der Waals surface area contributed by atoms with Crippen molar-refractivity contribution in [3.8, 4) is 0 Å². The van der Waals surface area contributed by atoms with Gasteiger partial charge in [0.15, 0.2) is 0 Å². The van der Waals surface area contributed by atoms with Crippen LogP contribution in [-0.2, 0) is 19.0 Å². The molecule has 0 radical (unpaired) electrons. The normalized spacial score (nSPS) is 29.8. The quantitative estimate of drug-likeness (QED) is 0.525. The summed E-state index contributed by atoms with van der Waals surface area (Å²) in [7, 11) is 0. The van der Waals surface area contributed by atoms with Crippen LogP contribution in [0.25, 0.3) is 0 Å². The van der Waals surface area contributed by atoms with Gasteiger partial charge in [0.25, 0.3) is 0 Å². The molecule has 70 valence electrons. The van der Waals surface area contributed by atoms with Crippen LogP contribution in [0, 0.1) is 0 Å². The second kappa shape index (κ2) is 4.20. The zero-order valence-electron chi connectivity index (χ0n) is 6.84. The molecule has 1 aliphatic heterocycles. The van der Waals surface area contributed by atoms with Crippen LogP contribution < -0.4 is 0 Å². The van der Waals surface area contributed by atoms with Gasteiger partial charge >= 0.3 is 5.97 Å². The lowest BCUT2D eigenvalue weighted by Crippen LogP contribution is -2.44. The Morgan fingerprint density at radius 3 is 2.92 bits per heavy atom. The molecule has 0 aromatic heterocycles. The van der Waals surface area contributed by atoms with E-state index in [0.29, 0.717) is 19.8 Å². The van der Waals surface area contributed by atoms with Crippen molar-refractivity contribution >= 4 is 21.9 Å². The summed E-state index contributed by atoms with van der Waals surface area (Å²) in [5.41, 5.74) is 0. The van der Waals surface area contributed by atoms with E-state index < -0.39 is 5.79 Å². The van der Waals surface area contributed by atoms with Crippen molar-refractivity contribution in [2.24, 2.45) is 0 Å². The first kappa shape index (κ1) is 9.95. The van der Waals surface area contributed by atoms with Crippen LogP contribution in [0.1, 0.15) is 6.92 Å². The number of hydrogen-bond donors (Lipinski definition) is 0. The Balaban J connectivity index is 2.41. The minimum atomic E-state index is -0.900. The summed E-state index contributed by atoms with van der Waals surface area (Å²) in [6.07, 6.45) is 0. The minimum absolute atomic E-state index is 0.173. The van der Waals surface area contributed by atoms with Crippen molar-refractivity contribution in [3.63, 3.8) is 0 Å². The molecule has 4 nitrogen and oxygen atoms in total. The van der Waals surface area contributed by atoms with Crippen molar-refractivity contribution in [3.05, 3.63) is 0 Å². The molecule has 5 heteroatoms. The fourth-order valence-electron chi connectivity index (χ4n) is 0.943. The number of halogens is 1. The van der Waals surface area contributed by atoms with Gasteiger partial charge in [-0.25, -0.2) is 0 Å². The number of ether oxygens (including phenoxy) is 3. The number of carbonyl (C=O) groups is 1. The molecule has 0 aromatic carbocycles. The number of carbonyl (C=O) groups excluding carboxylic acids is 1. The lowest BCUT2D eigenvalue weighted by Gasteiger charge is -2.32. The average Bonchev–Trinajstić information content (AvgIpc) is 2.05. The Kier molecular flexibility index (Phi) is 3.49. The van der Waals surface area contributed by atoms with E-state index in [0.717, 1.165) is 0 Å². The van der Waals surface area contributed by atoms with Crippen LogP contribution in [0.2, 0.25) is 0 Å². The van der Waals surface area contributed by atoms with Gasteiger partial charge < -0.3 is 14.2 Å². The first-order chi connectivity index (χ1) is 5.66. The van der Waals surface area contributed by atoms with Crippen molar-refractivity contribution in [2.45, 2.75) is 12.7 Å². The Hall–Kier alpha value is -0.130. The highest BCUT2D eigenvalue weighted by Gasteiger charge is 2.32. The summed E-state index contributed by atoms with van der Waals surface area (Å²) < 4.78 is 15.4. The van der Waals surface area contributed by atoms with Gasteiger partial charge in [-0.2, -0.15) is 0 Å². The summed E-state index contributed by atoms with van der Waals surface area (Å²) in [5.74, 6) is -1.24. The lowest BCUT2D eigenvalue weighted by atomic mass is 10.3. The molecule has 1 heterocycles. The fourth-order valence-corrected chi connectivity index (χ4v) is 1.06. The van der Waals surface area contributed by atoms with Gasteiger partial charge in [0.1, 0.15) is 11.9 Å². The molecule has 0 amide bonds. The molecule has 1 atom stereocenters. The highest BCUT2D eigenvalue weighted by Crippen LogP contribution is 2.17. The second-order valence-corrected chi connectivity index (χ2v) is 3.20. The molecule has 0 bridgehead atoms. The average molecular weight is 239 g/mol. The standard InChI is InChI=1S/C7H11BrO4/c1-7(12-6(9)4-8)5-10-2-3-11-7/h2-5H2,1H3. The van der Waals surface area contributed by atoms with Gasteiger partial charge in [-0.3, -0.25) is 4.79 Å². The van der Waals surface area contributed by atoms with Gasteiger partial charge in [0.2, 0.25) is 5.79 Å². The van der Waals surface area contributed by atoms with E-state index in [4.69, 9.17) is 14.2 Å². The number of alkyl halides is 1. The molecule has 0 saturated carbocycles. The van der Waals surface area contributed by atoms with Crippen molar-refractivity contribution in [2.75, 3.05) is 25.2 Å². The van der Waals surface area contributed by atoms with E-state index in [9.17, 15) is 4.79 Å². The summed E-state index contributed by atoms with van der Waals surface area (Å²) in [6.45, 7) is 3.01. The molecule has 1 saturated heterocycles. The van der Waals surface area contributed by atoms with Crippen molar-refractivity contribution in [1.29, 1.82) is 0 Å². The Bertz CT molecular complexity index is 165. The Labute approximate surface area is 79.3 Å². The molecule has 0 aliphatic carbocycles. The molecule has 0 aromatic rings. The SMILES string of the molecule is CC1(OC(=O)CBr)COCCO1. The molecule has 1 rings (SSSR count). The zero-order valence-corrected chi connectivity index (χ0v) is 8.43.